The molecule has 0 aliphatic carbocycles. The lowest BCUT2D eigenvalue weighted by molar-refractivity contribution is -0.00803. The standard InChI is InChI=1S/C26H35N5O2/c1-19(32)20-6-8-24(9-7-20)29-26(33)28-16-25-15-21-10-14-31(25)18-22(21)17-30(2)13-11-23-5-3-4-12-27-23/h3-9,12,21-22,25H,10-11,13-18H2,1-2H3,(H2,28,29,33)/t21-,22+,25-/m1/s1. The van der Waals surface area contributed by atoms with Gasteiger partial charge in [-0.3, -0.25) is 14.7 Å². The van der Waals surface area contributed by atoms with Crippen molar-refractivity contribution in [1.82, 2.24) is 20.1 Å². The van der Waals surface area contributed by atoms with Crippen molar-refractivity contribution in [2.24, 2.45) is 11.8 Å². The van der Waals surface area contributed by atoms with Gasteiger partial charge in [0.1, 0.15) is 0 Å². The minimum absolute atomic E-state index is 0.0186. The summed E-state index contributed by atoms with van der Waals surface area (Å²) in [4.78, 5) is 33.2. The molecule has 4 heterocycles. The van der Waals surface area contributed by atoms with E-state index in [9.17, 15) is 9.59 Å². The number of ketones is 1. The molecule has 2 amide bonds. The van der Waals surface area contributed by atoms with Gasteiger partial charge in [-0.1, -0.05) is 6.07 Å². The van der Waals surface area contributed by atoms with Crippen LogP contribution in [0.5, 0.6) is 0 Å². The van der Waals surface area contributed by atoms with Gasteiger partial charge in [-0.2, -0.15) is 0 Å². The summed E-state index contributed by atoms with van der Waals surface area (Å²) in [6.07, 6.45) is 5.25. The summed E-state index contributed by atoms with van der Waals surface area (Å²) in [6.45, 7) is 6.57. The molecule has 2 aromatic rings. The second kappa shape index (κ2) is 10.9. The first kappa shape index (κ1) is 23.4. The van der Waals surface area contributed by atoms with Gasteiger partial charge >= 0.3 is 6.03 Å². The molecule has 33 heavy (non-hydrogen) atoms. The van der Waals surface area contributed by atoms with Crippen molar-refractivity contribution >= 4 is 17.5 Å². The number of benzene rings is 1. The highest BCUT2D eigenvalue weighted by Crippen LogP contribution is 2.36. The maximum atomic E-state index is 12.4. The number of piperidine rings is 3. The summed E-state index contributed by atoms with van der Waals surface area (Å²) in [6, 6.07) is 13.3. The van der Waals surface area contributed by atoms with Gasteiger partial charge in [0.2, 0.25) is 0 Å². The fourth-order valence-electron chi connectivity index (χ4n) is 5.19. The summed E-state index contributed by atoms with van der Waals surface area (Å²) in [5, 5.41) is 5.90. The molecule has 3 fully saturated rings. The molecule has 3 saturated heterocycles. The van der Waals surface area contributed by atoms with Crippen LogP contribution in [0.2, 0.25) is 0 Å². The van der Waals surface area contributed by atoms with Gasteiger partial charge in [0.05, 0.1) is 0 Å². The molecule has 7 heteroatoms. The molecule has 5 rings (SSSR count). The molecule has 2 N–H and O–H groups in total. The van der Waals surface area contributed by atoms with E-state index in [1.54, 1.807) is 24.3 Å². The fourth-order valence-corrected chi connectivity index (χ4v) is 5.19. The minimum atomic E-state index is -0.195. The third kappa shape index (κ3) is 6.39. The van der Waals surface area contributed by atoms with Gasteiger partial charge in [0.25, 0.3) is 0 Å². The number of urea groups is 1. The van der Waals surface area contributed by atoms with Gasteiger partial charge in [-0.05, 0) is 81.6 Å². The summed E-state index contributed by atoms with van der Waals surface area (Å²) in [5.41, 5.74) is 2.48. The van der Waals surface area contributed by atoms with Crippen molar-refractivity contribution < 1.29 is 9.59 Å². The second-order valence-electron chi connectivity index (χ2n) is 9.50. The summed E-state index contributed by atoms with van der Waals surface area (Å²) < 4.78 is 0. The Morgan fingerprint density at radius 1 is 1.18 bits per heavy atom. The molecule has 1 unspecified atom stereocenters. The van der Waals surface area contributed by atoms with Crippen molar-refractivity contribution in [2.45, 2.75) is 32.2 Å². The highest BCUT2D eigenvalue weighted by molar-refractivity contribution is 5.95. The van der Waals surface area contributed by atoms with Gasteiger partial charge in [-0.15, -0.1) is 0 Å². The van der Waals surface area contributed by atoms with E-state index < -0.39 is 0 Å². The summed E-state index contributed by atoms with van der Waals surface area (Å²) in [5.74, 6) is 1.43. The minimum Gasteiger partial charge on any atom is -0.336 e. The van der Waals surface area contributed by atoms with E-state index in [-0.39, 0.29) is 11.8 Å². The number of hydrogen-bond donors (Lipinski definition) is 2. The molecule has 176 valence electrons. The Kier molecular flexibility index (Phi) is 7.73. The van der Waals surface area contributed by atoms with Crippen LogP contribution >= 0.6 is 0 Å². The topological polar surface area (TPSA) is 77.6 Å². The van der Waals surface area contributed by atoms with E-state index in [2.05, 4.69) is 38.5 Å². The van der Waals surface area contributed by atoms with Crippen LogP contribution in [0.15, 0.2) is 48.7 Å². The van der Waals surface area contributed by atoms with Crippen molar-refractivity contribution in [3.8, 4) is 0 Å². The molecule has 7 nitrogen and oxygen atoms in total. The van der Waals surface area contributed by atoms with E-state index in [0.717, 1.165) is 50.6 Å². The SMILES string of the molecule is CC(=O)c1ccc(NC(=O)NC[C@H]2C[C@H]3CCN2C[C@@H]3CN(C)CCc2ccccn2)cc1. The Morgan fingerprint density at radius 3 is 2.67 bits per heavy atom. The maximum absolute atomic E-state index is 12.4. The monoisotopic (exact) mass is 449 g/mol. The number of pyridine rings is 1. The molecular formula is C26H35N5O2. The first-order chi connectivity index (χ1) is 16.0. The van der Waals surface area contributed by atoms with Crippen LogP contribution in [0.1, 0.15) is 35.8 Å². The number of hydrogen-bond acceptors (Lipinski definition) is 5. The van der Waals surface area contributed by atoms with E-state index in [1.165, 1.54) is 13.3 Å². The summed E-state index contributed by atoms with van der Waals surface area (Å²) >= 11 is 0. The van der Waals surface area contributed by atoms with E-state index in [0.29, 0.717) is 29.8 Å². The average molecular weight is 450 g/mol. The number of carbonyl (C=O) groups excluding carboxylic acids is 2. The van der Waals surface area contributed by atoms with Crippen LogP contribution in [0.4, 0.5) is 10.5 Å². The van der Waals surface area contributed by atoms with Crippen molar-refractivity contribution in [3.63, 3.8) is 0 Å². The first-order valence-electron chi connectivity index (χ1n) is 12.0. The number of rotatable bonds is 9. The number of amides is 2. The number of carbonyl (C=O) groups is 2. The molecule has 0 saturated carbocycles. The van der Waals surface area contributed by atoms with Crippen LogP contribution < -0.4 is 10.6 Å². The quantitative estimate of drug-likeness (QED) is 0.575. The molecule has 3 aliphatic heterocycles. The highest BCUT2D eigenvalue weighted by Gasteiger charge is 2.40. The number of likely N-dealkylation sites (N-methyl/N-ethyl adjacent to an activating group) is 1. The Hall–Kier alpha value is -2.77. The van der Waals surface area contributed by atoms with Crippen LogP contribution in [-0.2, 0) is 6.42 Å². The predicted octanol–water partition coefficient (Wildman–Crippen LogP) is 3.29. The fraction of sp³-hybridized carbons (Fsp3) is 0.500. The number of nitrogens with zero attached hydrogens (tertiary/aromatic N) is 3. The third-order valence-electron chi connectivity index (χ3n) is 7.08. The van der Waals surface area contributed by atoms with Crippen LogP contribution in [0.25, 0.3) is 0 Å². The van der Waals surface area contributed by atoms with Crippen LogP contribution in [0.3, 0.4) is 0 Å². The Balaban J connectivity index is 1.19. The molecular weight excluding hydrogens is 414 g/mol. The molecule has 1 aromatic carbocycles. The van der Waals surface area contributed by atoms with E-state index in [4.69, 9.17) is 0 Å². The average Bonchev–Trinajstić information content (AvgIpc) is 2.83. The van der Waals surface area contributed by atoms with Crippen molar-refractivity contribution in [1.29, 1.82) is 0 Å². The van der Waals surface area contributed by atoms with Crippen molar-refractivity contribution in [2.75, 3.05) is 45.1 Å². The first-order valence-corrected chi connectivity index (χ1v) is 12.0. The molecule has 3 aliphatic rings. The number of aromatic nitrogens is 1. The lowest BCUT2D eigenvalue weighted by Crippen LogP contribution is -2.58. The van der Waals surface area contributed by atoms with Gasteiger partial charge in [-0.25, -0.2) is 4.79 Å². The highest BCUT2D eigenvalue weighted by atomic mass is 16.2. The second-order valence-corrected chi connectivity index (χ2v) is 9.50. The third-order valence-corrected chi connectivity index (χ3v) is 7.08. The Labute approximate surface area is 196 Å². The largest absolute Gasteiger partial charge is 0.336 e. The smallest absolute Gasteiger partial charge is 0.319 e. The zero-order valence-corrected chi connectivity index (χ0v) is 19.7. The Bertz CT molecular complexity index is 933. The zero-order chi connectivity index (χ0) is 23.2. The normalized spacial score (nSPS) is 24.0. The number of fused-ring (bicyclic) bond motifs is 3. The molecule has 1 aromatic heterocycles. The lowest BCUT2D eigenvalue weighted by atomic mass is 9.75. The van der Waals surface area contributed by atoms with Gasteiger partial charge < -0.3 is 15.5 Å². The predicted molar refractivity (Wildman–Crippen MR) is 130 cm³/mol. The molecule has 2 bridgehead atoms. The molecule has 4 atom stereocenters. The van der Waals surface area contributed by atoms with Gasteiger partial charge in [0, 0.05) is 61.8 Å². The van der Waals surface area contributed by atoms with E-state index in [1.807, 2.05) is 18.3 Å². The number of anilines is 1. The lowest BCUT2D eigenvalue weighted by Gasteiger charge is -2.50. The van der Waals surface area contributed by atoms with E-state index >= 15 is 0 Å². The number of nitrogens with one attached hydrogen (secondary N) is 2. The maximum Gasteiger partial charge on any atom is 0.319 e. The summed E-state index contributed by atoms with van der Waals surface area (Å²) in [7, 11) is 2.22. The van der Waals surface area contributed by atoms with Crippen LogP contribution in [0, 0.1) is 11.8 Å². The zero-order valence-electron chi connectivity index (χ0n) is 19.7. The van der Waals surface area contributed by atoms with Crippen molar-refractivity contribution in [3.05, 3.63) is 59.9 Å². The molecule has 0 spiro atoms. The van der Waals surface area contributed by atoms with Gasteiger partial charge in [0.15, 0.2) is 5.78 Å². The van der Waals surface area contributed by atoms with Crippen LogP contribution in [-0.4, -0.2) is 72.4 Å². The molecule has 0 radical (unpaired) electrons. The number of Topliss-reactive ketones (excluding diaryl/α,β-unsaturated/α-hetero) is 1. The Morgan fingerprint density at radius 2 is 2.00 bits per heavy atom.